The summed E-state index contributed by atoms with van der Waals surface area (Å²) in [5, 5.41) is 11.1. The molecule has 0 heterocycles. The zero-order chi connectivity index (χ0) is 14.8. The first-order valence-electron chi connectivity index (χ1n) is 5.32. The van der Waals surface area contributed by atoms with Crippen LogP contribution in [0.25, 0.3) is 0 Å². The van der Waals surface area contributed by atoms with Crippen LogP contribution in [-0.4, -0.2) is 22.8 Å². The van der Waals surface area contributed by atoms with Crippen LogP contribution >= 0.6 is 22.6 Å². The van der Waals surface area contributed by atoms with Crippen LogP contribution in [0.3, 0.4) is 0 Å². The van der Waals surface area contributed by atoms with Crippen LogP contribution < -0.4 is 5.32 Å². The van der Waals surface area contributed by atoms with Crippen molar-refractivity contribution in [1.82, 2.24) is 0 Å². The van der Waals surface area contributed by atoms with Gasteiger partial charge in [0.1, 0.15) is 11.4 Å². The predicted octanol–water partition coefficient (Wildman–Crippen LogP) is 3.48. The Labute approximate surface area is 123 Å². The molecule has 0 aromatic heterocycles. The van der Waals surface area contributed by atoms with Gasteiger partial charge in [0.2, 0.25) is 0 Å². The van der Waals surface area contributed by atoms with Crippen LogP contribution in [0.2, 0.25) is 0 Å². The second-order valence-electron chi connectivity index (χ2n) is 4.74. The molecule has 0 saturated heterocycles. The van der Waals surface area contributed by atoms with E-state index in [0.29, 0.717) is 3.57 Å². The van der Waals surface area contributed by atoms with E-state index >= 15 is 0 Å². The number of benzene rings is 1. The number of carbonyl (C=O) groups excluding carboxylic acids is 1. The Morgan fingerprint density at radius 1 is 1.37 bits per heavy atom. The molecule has 0 radical (unpaired) electrons. The summed E-state index contributed by atoms with van der Waals surface area (Å²) in [5.41, 5.74) is -0.953. The highest BCUT2D eigenvalue weighted by Gasteiger charge is 2.19. The molecule has 0 atom stereocenters. The van der Waals surface area contributed by atoms with Gasteiger partial charge in [0.05, 0.1) is 11.3 Å². The lowest BCUT2D eigenvalue weighted by molar-refractivity contribution is 0.0634. The van der Waals surface area contributed by atoms with E-state index in [-0.39, 0.29) is 5.69 Å². The monoisotopic (exact) mass is 381 g/mol. The van der Waals surface area contributed by atoms with Gasteiger partial charge in [-0.2, -0.15) is 0 Å². The number of nitrogens with one attached hydrogen (secondary N) is 1. The molecule has 0 aliphatic carbocycles. The fourth-order valence-electron chi connectivity index (χ4n) is 1.22. The highest BCUT2D eigenvalue weighted by atomic mass is 127. The standard InChI is InChI=1S/C12H13FINO4/c1-12(2,3)19-11(18)15-9-5-7(13)6(10(16)17)4-8(9)14/h4-5H,1-3H3,(H,15,18)(H,16,17). The molecule has 104 valence electrons. The van der Waals surface area contributed by atoms with Gasteiger partial charge in [-0.3, -0.25) is 5.32 Å². The first-order valence-corrected chi connectivity index (χ1v) is 6.40. The van der Waals surface area contributed by atoms with Gasteiger partial charge >= 0.3 is 12.1 Å². The van der Waals surface area contributed by atoms with Gasteiger partial charge in [0, 0.05) is 3.57 Å². The predicted molar refractivity (Wildman–Crippen MR) is 75.9 cm³/mol. The second kappa shape index (κ2) is 5.72. The minimum Gasteiger partial charge on any atom is -0.478 e. The number of aromatic carboxylic acids is 1. The Hall–Kier alpha value is -1.38. The number of carbonyl (C=O) groups is 2. The number of carboxylic acids is 1. The summed E-state index contributed by atoms with van der Waals surface area (Å²) in [4.78, 5) is 22.3. The van der Waals surface area contributed by atoms with E-state index in [1.165, 1.54) is 0 Å². The Bertz CT molecular complexity index is 525. The lowest BCUT2D eigenvalue weighted by atomic mass is 10.2. The third kappa shape index (κ3) is 4.66. The number of anilines is 1. The summed E-state index contributed by atoms with van der Waals surface area (Å²) in [6.07, 6.45) is -0.729. The van der Waals surface area contributed by atoms with E-state index in [1.54, 1.807) is 43.4 Å². The lowest BCUT2D eigenvalue weighted by Gasteiger charge is -2.20. The van der Waals surface area contributed by atoms with E-state index in [4.69, 9.17) is 9.84 Å². The SMILES string of the molecule is CC(C)(C)OC(=O)Nc1cc(F)c(C(=O)O)cc1I. The normalized spacial score (nSPS) is 11.0. The smallest absolute Gasteiger partial charge is 0.412 e. The topological polar surface area (TPSA) is 75.6 Å². The van der Waals surface area contributed by atoms with Gasteiger partial charge in [-0.05, 0) is 55.5 Å². The van der Waals surface area contributed by atoms with Crippen molar-refractivity contribution in [1.29, 1.82) is 0 Å². The molecule has 0 bridgehead atoms. The molecule has 0 spiro atoms. The fourth-order valence-corrected chi connectivity index (χ4v) is 1.82. The van der Waals surface area contributed by atoms with Crippen molar-refractivity contribution in [2.24, 2.45) is 0 Å². The molecular weight excluding hydrogens is 368 g/mol. The largest absolute Gasteiger partial charge is 0.478 e. The molecule has 1 aromatic rings. The van der Waals surface area contributed by atoms with Gasteiger partial charge in [-0.15, -0.1) is 0 Å². The van der Waals surface area contributed by atoms with Crippen LogP contribution in [0.5, 0.6) is 0 Å². The Kier molecular flexibility index (Phi) is 4.72. The van der Waals surface area contributed by atoms with Crippen molar-refractivity contribution < 1.29 is 23.8 Å². The number of amides is 1. The molecule has 0 aliphatic rings. The first kappa shape index (κ1) is 15.7. The zero-order valence-corrected chi connectivity index (χ0v) is 12.7. The van der Waals surface area contributed by atoms with Gasteiger partial charge in [-0.25, -0.2) is 14.0 Å². The molecule has 5 nitrogen and oxygen atoms in total. The molecule has 1 aromatic carbocycles. The van der Waals surface area contributed by atoms with Gasteiger partial charge < -0.3 is 9.84 Å². The van der Waals surface area contributed by atoms with E-state index in [1.807, 2.05) is 0 Å². The maximum absolute atomic E-state index is 13.5. The molecule has 7 heteroatoms. The molecule has 0 unspecified atom stereocenters. The quantitative estimate of drug-likeness (QED) is 0.770. The van der Waals surface area contributed by atoms with Gasteiger partial charge in [0.25, 0.3) is 0 Å². The Morgan fingerprint density at radius 2 is 1.95 bits per heavy atom. The van der Waals surface area contributed by atoms with Crippen LogP contribution in [0.15, 0.2) is 12.1 Å². The maximum Gasteiger partial charge on any atom is 0.412 e. The van der Waals surface area contributed by atoms with Crippen LogP contribution in [0.4, 0.5) is 14.9 Å². The summed E-state index contributed by atoms with van der Waals surface area (Å²) in [6, 6.07) is 2.10. The number of hydrogen-bond donors (Lipinski definition) is 2. The van der Waals surface area contributed by atoms with Crippen molar-refractivity contribution in [2.45, 2.75) is 26.4 Å². The third-order valence-electron chi connectivity index (χ3n) is 1.92. The molecule has 1 amide bonds. The number of ether oxygens (including phenoxy) is 1. The lowest BCUT2D eigenvalue weighted by Crippen LogP contribution is -2.27. The molecule has 2 N–H and O–H groups in total. The molecule has 0 fully saturated rings. The highest BCUT2D eigenvalue weighted by Crippen LogP contribution is 2.23. The Balaban J connectivity index is 2.95. The minimum atomic E-state index is -1.36. The second-order valence-corrected chi connectivity index (χ2v) is 5.91. The fraction of sp³-hybridized carbons (Fsp3) is 0.333. The molecular formula is C12H13FINO4. The molecule has 0 aliphatic heterocycles. The number of carboxylic acid groups (broad SMARTS) is 1. The van der Waals surface area contributed by atoms with Crippen molar-refractivity contribution in [3.8, 4) is 0 Å². The van der Waals surface area contributed by atoms with Crippen LogP contribution in [0.1, 0.15) is 31.1 Å². The number of rotatable bonds is 2. The van der Waals surface area contributed by atoms with Crippen molar-refractivity contribution in [3.05, 3.63) is 27.1 Å². The highest BCUT2D eigenvalue weighted by molar-refractivity contribution is 14.1. The minimum absolute atomic E-state index is 0.164. The number of halogens is 2. The van der Waals surface area contributed by atoms with Crippen LogP contribution in [-0.2, 0) is 4.74 Å². The summed E-state index contributed by atoms with van der Waals surface area (Å²) in [7, 11) is 0. The van der Waals surface area contributed by atoms with Gasteiger partial charge in [0.15, 0.2) is 0 Å². The Morgan fingerprint density at radius 3 is 2.42 bits per heavy atom. The van der Waals surface area contributed by atoms with Crippen LogP contribution in [0, 0.1) is 9.39 Å². The summed E-state index contributed by atoms with van der Waals surface area (Å²) < 4.78 is 18.9. The molecule has 0 saturated carbocycles. The van der Waals surface area contributed by atoms with Crippen molar-refractivity contribution in [3.63, 3.8) is 0 Å². The van der Waals surface area contributed by atoms with E-state index in [2.05, 4.69) is 5.32 Å². The van der Waals surface area contributed by atoms with E-state index in [9.17, 15) is 14.0 Å². The summed E-state index contributed by atoms with van der Waals surface area (Å²) >= 11 is 1.81. The number of hydrogen-bond acceptors (Lipinski definition) is 3. The zero-order valence-electron chi connectivity index (χ0n) is 10.6. The molecule has 19 heavy (non-hydrogen) atoms. The summed E-state index contributed by atoms with van der Waals surface area (Å²) in [6.45, 7) is 5.10. The van der Waals surface area contributed by atoms with Crippen molar-refractivity contribution in [2.75, 3.05) is 5.32 Å². The third-order valence-corrected chi connectivity index (χ3v) is 2.82. The van der Waals surface area contributed by atoms with E-state index < -0.39 is 29.0 Å². The van der Waals surface area contributed by atoms with Crippen molar-refractivity contribution >= 4 is 40.3 Å². The molecule has 1 rings (SSSR count). The first-order chi connectivity index (χ1) is 8.60. The average Bonchev–Trinajstić information content (AvgIpc) is 2.19. The summed E-state index contributed by atoms with van der Waals surface area (Å²) in [5.74, 6) is -2.28. The maximum atomic E-state index is 13.5. The van der Waals surface area contributed by atoms with E-state index in [0.717, 1.165) is 12.1 Å². The van der Waals surface area contributed by atoms with Gasteiger partial charge in [-0.1, -0.05) is 0 Å². The average molecular weight is 381 g/mol.